The van der Waals surface area contributed by atoms with Crippen molar-refractivity contribution in [2.45, 2.75) is 31.8 Å². The Morgan fingerprint density at radius 2 is 1.84 bits per heavy atom. The molecule has 0 N–H and O–H groups in total. The summed E-state index contributed by atoms with van der Waals surface area (Å²) >= 11 is 0. The summed E-state index contributed by atoms with van der Waals surface area (Å²) in [4.78, 5) is 17.3. The zero-order valence-corrected chi connectivity index (χ0v) is 18.5. The SMILES string of the molecule is COc1ccc(CN2C(=O)CC[C@@H]3CN(C/C=C/c4ccccc4OC)CC[C@@H]32)cc1. The van der Waals surface area contributed by atoms with Crippen molar-refractivity contribution in [1.82, 2.24) is 9.80 Å². The van der Waals surface area contributed by atoms with E-state index in [4.69, 9.17) is 9.47 Å². The second kappa shape index (κ2) is 10.0. The van der Waals surface area contributed by atoms with E-state index in [1.807, 2.05) is 30.3 Å². The minimum Gasteiger partial charge on any atom is -0.497 e. The molecule has 1 amide bonds. The number of amides is 1. The van der Waals surface area contributed by atoms with E-state index in [2.05, 4.69) is 40.2 Å². The standard InChI is InChI=1S/C26H32N2O3/c1-30-23-12-9-20(10-13-23)18-28-24-15-17-27(19-22(24)11-14-26(28)29)16-5-7-21-6-3-4-8-25(21)31-2/h3-10,12-13,22,24H,11,14-19H2,1-2H3/b7-5+/t22-,24+/m1/s1. The number of rotatable bonds is 7. The Balaban J connectivity index is 1.36. The number of piperidine rings is 2. The molecule has 5 heteroatoms. The van der Waals surface area contributed by atoms with Crippen LogP contribution in [0.5, 0.6) is 11.5 Å². The lowest BCUT2D eigenvalue weighted by molar-refractivity contribution is -0.141. The third kappa shape index (κ3) is 5.10. The van der Waals surface area contributed by atoms with Crippen LogP contribution < -0.4 is 9.47 Å². The highest BCUT2D eigenvalue weighted by Gasteiger charge is 2.38. The highest BCUT2D eigenvalue weighted by molar-refractivity contribution is 5.77. The quantitative estimate of drug-likeness (QED) is 0.672. The molecule has 5 nitrogen and oxygen atoms in total. The highest BCUT2D eigenvalue weighted by atomic mass is 16.5. The molecule has 4 rings (SSSR count). The third-order valence-electron chi connectivity index (χ3n) is 6.54. The molecule has 2 saturated heterocycles. The van der Waals surface area contributed by atoms with Crippen LogP contribution in [-0.4, -0.2) is 55.6 Å². The Bertz CT molecular complexity index is 909. The lowest BCUT2D eigenvalue weighted by atomic mass is 9.83. The van der Waals surface area contributed by atoms with Gasteiger partial charge in [-0.05, 0) is 42.5 Å². The van der Waals surface area contributed by atoms with E-state index in [1.165, 1.54) is 0 Å². The number of carbonyl (C=O) groups excluding carboxylic acids is 1. The first-order chi connectivity index (χ1) is 15.2. The van der Waals surface area contributed by atoms with Gasteiger partial charge in [-0.1, -0.05) is 42.5 Å². The van der Waals surface area contributed by atoms with E-state index < -0.39 is 0 Å². The summed E-state index contributed by atoms with van der Waals surface area (Å²) in [6, 6.07) is 16.5. The Kier molecular flexibility index (Phi) is 6.92. The predicted molar refractivity (Wildman–Crippen MR) is 123 cm³/mol. The topological polar surface area (TPSA) is 42.0 Å². The van der Waals surface area contributed by atoms with Crippen LogP contribution in [0.1, 0.15) is 30.4 Å². The summed E-state index contributed by atoms with van der Waals surface area (Å²) in [6.45, 7) is 3.68. The largest absolute Gasteiger partial charge is 0.497 e. The number of likely N-dealkylation sites (tertiary alicyclic amines) is 2. The lowest BCUT2D eigenvalue weighted by Crippen LogP contribution is -2.55. The summed E-state index contributed by atoms with van der Waals surface area (Å²) in [7, 11) is 3.38. The van der Waals surface area contributed by atoms with Gasteiger partial charge < -0.3 is 14.4 Å². The smallest absolute Gasteiger partial charge is 0.223 e. The van der Waals surface area contributed by atoms with Gasteiger partial charge in [0, 0.05) is 44.2 Å². The van der Waals surface area contributed by atoms with Gasteiger partial charge in [-0.3, -0.25) is 9.69 Å². The van der Waals surface area contributed by atoms with E-state index in [9.17, 15) is 4.79 Å². The van der Waals surface area contributed by atoms with Crippen LogP contribution in [0.2, 0.25) is 0 Å². The lowest BCUT2D eigenvalue weighted by Gasteiger charge is -2.47. The number of methoxy groups -OCH3 is 2. The van der Waals surface area contributed by atoms with Crippen molar-refractivity contribution in [3.8, 4) is 11.5 Å². The molecule has 0 unspecified atom stereocenters. The van der Waals surface area contributed by atoms with Gasteiger partial charge in [0.1, 0.15) is 11.5 Å². The van der Waals surface area contributed by atoms with E-state index in [0.29, 0.717) is 30.8 Å². The zero-order valence-electron chi connectivity index (χ0n) is 18.5. The van der Waals surface area contributed by atoms with Crippen molar-refractivity contribution in [3.63, 3.8) is 0 Å². The van der Waals surface area contributed by atoms with E-state index in [-0.39, 0.29) is 0 Å². The molecule has 2 aromatic rings. The van der Waals surface area contributed by atoms with Crippen LogP contribution in [0.3, 0.4) is 0 Å². The number of ether oxygens (including phenoxy) is 2. The molecule has 2 aliphatic rings. The van der Waals surface area contributed by atoms with Gasteiger partial charge in [-0.2, -0.15) is 0 Å². The molecular weight excluding hydrogens is 388 g/mol. The number of para-hydroxylation sites is 1. The Morgan fingerprint density at radius 1 is 1.03 bits per heavy atom. The first kappa shape index (κ1) is 21.4. The Hall–Kier alpha value is -2.79. The summed E-state index contributed by atoms with van der Waals surface area (Å²) in [6.07, 6.45) is 7.05. The third-order valence-corrected chi connectivity index (χ3v) is 6.54. The van der Waals surface area contributed by atoms with Crippen molar-refractivity contribution in [2.75, 3.05) is 33.9 Å². The summed E-state index contributed by atoms with van der Waals surface area (Å²) in [5, 5.41) is 0. The van der Waals surface area contributed by atoms with Crippen LogP contribution in [-0.2, 0) is 11.3 Å². The second-order valence-corrected chi connectivity index (χ2v) is 8.43. The molecule has 2 heterocycles. The molecule has 0 aromatic heterocycles. The van der Waals surface area contributed by atoms with Crippen LogP contribution in [0, 0.1) is 5.92 Å². The van der Waals surface area contributed by atoms with E-state index in [0.717, 1.165) is 55.1 Å². The molecule has 2 aromatic carbocycles. The van der Waals surface area contributed by atoms with Crippen molar-refractivity contribution >= 4 is 12.0 Å². The van der Waals surface area contributed by atoms with E-state index >= 15 is 0 Å². The van der Waals surface area contributed by atoms with Gasteiger partial charge in [-0.25, -0.2) is 0 Å². The van der Waals surface area contributed by atoms with Gasteiger partial charge >= 0.3 is 0 Å². The predicted octanol–water partition coefficient (Wildman–Crippen LogP) is 4.23. The number of carbonyl (C=O) groups is 1. The molecule has 0 aliphatic carbocycles. The van der Waals surface area contributed by atoms with Crippen molar-refractivity contribution in [3.05, 3.63) is 65.7 Å². The van der Waals surface area contributed by atoms with Gasteiger partial charge in [0.25, 0.3) is 0 Å². The molecule has 2 fully saturated rings. The van der Waals surface area contributed by atoms with Crippen LogP contribution in [0.15, 0.2) is 54.6 Å². The molecule has 2 aliphatic heterocycles. The fraction of sp³-hybridized carbons (Fsp3) is 0.423. The van der Waals surface area contributed by atoms with Crippen LogP contribution in [0.25, 0.3) is 6.08 Å². The Morgan fingerprint density at radius 3 is 2.61 bits per heavy atom. The molecule has 0 radical (unpaired) electrons. The molecule has 0 bridgehead atoms. The average Bonchev–Trinajstić information content (AvgIpc) is 2.81. The minimum atomic E-state index is 0.293. The second-order valence-electron chi connectivity index (χ2n) is 8.43. The molecule has 2 atom stereocenters. The maximum absolute atomic E-state index is 12.7. The zero-order chi connectivity index (χ0) is 21.6. The molecule has 0 saturated carbocycles. The fourth-order valence-electron chi connectivity index (χ4n) is 4.86. The molecule has 31 heavy (non-hydrogen) atoms. The number of nitrogens with zero attached hydrogens (tertiary/aromatic N) is 2. The van der Waals surface area contributed by atoms with E-state index in [1.54, 1.807) is 14.2 Å². The average molecular weight is 421 g/mol. The molecule has 0 spiro atoms. The first-order valence-electron chi connectivity index (χ1n) is 11.1. The monoisotopic (exact) mass is 420 g/mol. The fourth-order valence-corrected chi connectivity index (χ4v) is 4.86. The summed E-state index contributed by atoms with van der Waals surface area (Å²) < 4.78 is 10.7. The number of fused-ring (bicyclic) bond motifs is 1. The van der Waals surface area contributed by atoms with Gasteiger partial charge in [0.2, 0.25) is 5.91 Å². The molecular formula is C26H32N2O3. The van der Waals surface area contributed by atoms with Crippen molar-refractivity contribution in [1.29, 1.82) is 0 Å². The van der Waals surface area contributed by atoms with Gasteiger partial charge in [0.15, 0.2) is 0 Å². The van der Waals surface area contributed by atoms with Gasteiger partial charge in [-0.15, -0.1) is 0 Å². The minimum absolute atomic E-state index is 0.293. The van der Waals surface area contributed by atoms with Crippen LogP contribution >= 0.6 is 0 Å². The van der Waals surface area contributed by atoms with Crippen molar-refractivity contribution in [2.24, 2.45) is 5.92 Å². The van der Waals surface area contributed by atoms with Crippen LogP contribution in [0.4, 0.5) is 0 Å². The highest BCUT2D eigenvalue weighted by Crippen LogP contribution is 2.32. The molecule has 164 valence electrons. The Labute approximate surface area is 185 Å². The maximum Gasteiger partial charge on any atom is 0.223 e. The summed E-state index contributed by atoms with van der Waals surface area (Å²) in [5.74, 6) is 2.59. The first-order valence-corrected chi connectivity index (χ1v) is 11.1. The summed E-state index contributed by atoms with van der Waals surface area (Å²) in [5.41, 5.74) is 2.27. The normalized spacial score (nSPS) is 21.9. The maximum atomic E-state index is 12.7. The van der Waals surface area contributed by atoms with Gasteiger partial charge in [0.05, 0.1) is 14.2 Å². The number of benzene rings is 2. The number of hydrogen-bond donors (Lipinski definition) is 0. The number of hydrogen-bond acceptors (Lipinski definition) is 4. The van der Waals surface area contributed by atoms with Crippen molar-refractivity contribution < 1.29 is 14.3 Å².